The van der Waals surface area contributed by atoms with Gasteiger partial charge in [0.25, 0.3) is 0 Å². The fraction of sp³-hybridized carbons (Fsp3) is 0. The SMILES string of the molecule is [Ga].[Ga].[Ga].[Ga].[Ga].[Ga].[Ga]. The Morgan fingerprint density at radius 2 is 0.143 bits per heavy atom. The molecular weight excluding hydrogens is 488 g/mol. The fourth-order valence-electron chi connectivity index (χ4n) is 0. The van der Waals surface area contributed by atoms with Gasteiger partial charge in [-0.3, -0.25) is 0 Å². The van der Waals surface area contributed by atoms with Crippen LogP contribution in [0.1, 0.15) is 0 Å². The Bertz CT molecular complexity index is 0. The van der Waals surface area contributed by atoms with E-state index in [0.29, 0.717) is 0 Å². The van der Waals surface area contributed by atoms with Gasteiger partial charge in [0.1, 0.15) is 0 Å². The van der Waals surface area contributed by atoms with E-state index in [-0.39, 0.29) is 139 Å². The Labute approximate surface area is 136 Å². The summed E-state index contributed by atoms with van der Waals surface area (Å²) in [5.74, 6) is 0. The zero-order valence-electron chi connectivity index (χ0n) is 4.04. The summed E-state index contributed by atoms with van der Waals surface area (Å²) in [5.41, 5.74) is 0. The minimum absolute atomic E-state index is 0. The minimum atomic E-state index is 0. The summed E-state index contributed by atoms with van der Waals surface area (Å²) < 4.78 is 0. The van der Waals surface area contributed by atoms with E-state index in [2.05, 4.69) is 0 Å². The van der Waals surface area contributed by atoms with Gasteiger partial charge in [-0.15, -0.1) is 0 Å². The van der Waals surface area contributed by atoms with Crippen molar-refractivity contribution in [2.75, 3.05) is 0 Å². The Hall–Kier alpha value is 4.45. The van der Waals surface area contributed by atoms with Crippen LogP contribution in [-0.2, 0) is 0 Å². The maximum absolute atomic E-state index is 0. The molecule has 0 aromatic carbocycles. The predicted molar refractivity (Wildman–Crippen MR) is 40.3 cm³/mol. The van der Waals surface area contributed by atoms with E-state index < -0.39 is 0 Å². The molecule has 7 heavy (non-hydrogen) atoms. The van der Waals surface area contributed by atoms with Crippen molar-refractivity contribution in [3.05, 3.63) is 0 Å². The maximum atomic E-state index is 0. The van der Waals surface area contributed by atoms with Crippen LogP contribution in [0.3, 0.4) is 0 Å². The molecule has 0 aliphatic carbocycles. The van der Waals surface area contributed by atoms with Crippen LogP contribution in [0, 0.1) is 0 Å². The van der Waals surface area contributed by atoms with Gasteiger partial charge in [0.2, 0.25) is 0 Å². The molecule has 0 N–H and O–H groups in total. The van der Waals surface area contributed by atoms with Crippen molar-refractivity contribution < 1.29 is 0 Å². The van der Waals surface area contributed by atoms with Crippen LogP contribution < -0.4 is 0 Å². The first-order valence-electron chi connectivity index (χ1n) is 0. The molecule has 0 bridgehead atoms. The van der Waals surface area contributed by atoms with Crippen molar-refractivity contribution in [1.29, 1.82) is 0 Å². The Kier molecular flexibility index (Phi) is 424. The molecule has 0 atom stereocenters. The van der Waals surface area contributed by atoms with Crippen molar-refractivity contribution >= 4 is 139 Å². The van der Waals surface area contributed by atoms with E-state index in [4.69, 9.17) is 0 Å². The molecule has 0 rings (SSSR count). The third-order valence-electron chi connectivity index (χ3n) is 0. The van der Waals surface area contributed by atoms with Gasteiger partial charge in [-0.2, -0.15) is 0 Å². The smallest absolute Gasteiger partial charge is 0 e. The van der Waals surface area contributed by atoms with Crippen LogP contribution in [0.2, 0.25) is 0 Å². The van der Waals surface area contributed by atoms with Crippen molar-refractivity contribution in [3.8, 4) is 0 Å². The van der Waals surface area contributed by atoms with Gasteiger partial charge in [-0.05, 0) is 0 Å². The predicted octanol–water partition coefficient (Wildman–Crippen LogP) is -2.67. The third-order valence-corrected chi connectivity index (χ3v) is 0. The molecule has 0 unspecified atom stereocenters. The molecule has 0 aliphatic heterocycles. The average Bonchev–Trinajstić information content (AvgIpc) is 0. The molecular formula is Ga7. The van der Waals surface area contributed by atoms with Gasteiger partial charge in [-0.25, -0.2) is 0 Å². The molecule has 0 heterocycles. The molecule has 21 valence electrons. The number of rotatable bonds is 0. The molecule has 0 fully saturated rings. The second-order valence-electron chi connectivity index (χ2n) is 0. The van der Waals surface area contributed by atoms with E-state index in [1.165, 1.54) is 0 Å². The Balaban J connectivity index is 0. The van der Waals surface area contributed by atoms with Crippen LogP contribution in [0.5, 0.6) is 0 Å². The number of hydrogen-bond acceptors (Lipinski definition) is 0. The third kappa shape index (κ3) is 37.7. The monoisotopic (exact) mass is 482 g/mol. The number of hydrogen-bond donors (Lipinski definition) is 0. The van der Waals surface area contributed by atoms with Gasteiger partial charge >= 0.3 is 0 Å². The summed E-state index contributed by atoms with van der Waals surface area (Å²) >= 11 is 0. The topological polar surface area (TPSA) is 0 Å². The van der Waals surface area contributed by atoms with E-state index in [9.17, 15) is 0 Å². The van der Waals surface area contributed by atoms with Crippen molar-refractivity contribution in [1.82, 2.24) is 0 Å². The summed E-state index contributed by atoms with van der Waals surface area (Å²) in [5, 5.41) is 0. The largest absolute Gasteiger partial charge is 0 e. The van der Waals surface area contributed by atoms with Crippen LogP contribution in [0.25, 0.3) is 0 Å². The first-order valence-corrected chi connectivity index (χ1v) is 0. The maximum Gasteiger partial charge on any atom is 0 e. The zero-order valence-corrected chi connectivity index (χ0v) is 21.0. The molecule has 0 saturated heterocycles. The minimum Gasteiger partial charge on any atom is 0 e. The van der Waals surface area contributed by atoms with E-state index in [1.807, 2.05) is 0 Å². The van der Waals surface area contributed by atoms with Gasteiger partial charge in [0, 0.05) is 139 Å². The Morgan fingerprint density at radius 1 is 0.143 bits per heavy atom. The molecule has 0 aliphatic rings. The summed E-state index contributed by atoms with van der Waals surface area (Å²) in [6.45, 7) is 0. The quantitative estimate of drug-likeness (QED) is 0.327. The van der Waals surface area contributed by atoms with Crippen molar-refractivity contribution in [3.63, 3.8) is 0 Å². The van der Waals surface area contributed by atoms with Crippen LogP contribution >= 0.6 is 0 Å². The summed E-state index contributed by atoms with van der Waals surface area (Å²) in [6.07, 6.45) is 0. The van der Waals surface area contributed by atoms with E-state index in [0.717, 1.165) is 0 Å². The molecule has 0 amide bonds. The molecule has 0 saturated carbocycles. The summed E-state index contributed by atoms with van der Waals surface area (Å²) in [4.78, 5) is 0. The zero-order chi connectivity index (χ0) is 0. The molecule has 21 radical (unpaired) electrons. The van der Waals surface area contributed by atoms with Crippen LogP contribution in [0.4, 0.5) is 0 Å². The van der Waals surface area contributed by atoms with Crippen molar-refractivity contribution in [2.24, 2.45) is 0 Å². The molecule has 0 spiro atoms. The van der Waals surface area contributed by atoms with E-state index >= 15 is 0 Å². The summed E-state index contributed by atoms with van der Waals surface area (Å²) in [7, 11) is 0. The van der Waals surface area contributed by atoms with Gasteiger partial charge in [0.15, 0.2) is 0 Å². The standard InChI is InChI=1S/7Ga. The van der Waals surface area contributed by atoms with Gasteiger partial charge < -0.3 is 0 Å². The normalized spacial score (nSPS) is 0. The Morgan fingerprint density at radius 3 is 0.143 bits per heavy atom. The summed E-state index contributed by atoms with van der Waals surface area (Å²) in [6, 6.07) is 0. The van der Waals surface area contributed by atoms with E-state index in [1.54, 1.807) is 0 Å². The van der Waals surface area contributed by atoms with Gasteiger partial charge in [0.05, 0.1) is 0 Å². The second-order valence-corrected chi connectivity index (χ2v) is 0. The molecule has 0 nitrogen and oxygen atoms in total. The van der Waals surface area contributed by atoms with Crippen LogP contribution in [-0.4, -0.2) is 139 Å². The fourth-order valence-corrected chi connectivity index (χ4v) is 0. The van der Waals surface area contributed by atoms with Crippen molar-refractivity contribution in [2.45, 2.75) is 0 Å². The molecule has 7 heteroatoms. The van der Waals surface area contributed by atoms with Gasteiger partial charge in [-0.1, -0.05) is 0 Å². The van der Waals surface area contributed by atoms with Crippen LogP contribution in [0.15, 0.2) is 0 Å². The average molecular weight is 488 g/mol. The molecule has 0 aromatic heterocycles. The first kappa shape index (κ1) is 63.1. The molecule has 0 aromatic rings. The second kappa shape index (κ2) is 47.1. The first-order chi connectivity index (χ1) is 0.